The number of aromatic nitrogens is 2. The van der Waals surface area contributed by atoms with Gasteiger partial charge in [-0.1, -0.05) is 15.9 Å². The summed E-state index contributed by atoms with van der Waals surface area (Å²) in [6, 6.07) is 7.39. The predicted molar refractivity (Wildman–Crippen MR) is 92.3 cm³/mol. The molecule has 2 aromatic rings. The zero-order chi connectivity index (χ0) is 16.9. The quantitative estimate of drug-likeness (QED) is 0.801. The molecular weight excluding hydrogens is 374 g/mol. The number of halogens is 1. The van der Waals surface area contributed by atoms with Crippen LogP contribution in [0.15, 0.2) is 41.1 Å². The van der Waals surface area contributed by atoms with Gasteiger partial charge in [0.1, 0.15) is 6.10 Å². The fourth-order valence-electron chi connectivity index (χ4n) is 2.65. The highest BCUT2D eigenvalue weighted by Crippen LogP contribution is 2.20. The Morgan fingerprint density at radius 3 is 2.75 bits per heavy atom. The molecule has 1 amide bonds. The summed E-state index contributed by atoms with van der Waals surface area (Å²) in [6.07, 6.45) is 4.75. The van der Waals surface area contributed by atoms with Crippen LogP contribution in [0.4, 0.5) is 0 Å². The maximum Gasteiger partial charge on any atom is 0.253 e. The maximum atomic E-state index is 12.6. The number of carbonyl (C=O) groups excluding carboxylic acids is 1. The normalized spacial score (nSPS) is 17.4. The molecule has 0 radical (unpaired) electrons. The summed E-state index contributed by atoms with van der Waals surface area (Å²) < 4.78 is 11.9. The molecule has 1 aromatic heterocycles. The lowest BCUT2D eigenvalue weighted by atomic mass is 10.1. The third-order valence-corrected chi connectivity index (χ3v) is 4.37. The molecule has 1 aliphatic rings. The molecule has 0 spiro atoms. The van der Waals surface area contributed by atoms with Gasteiger partial charge in [0.05, 0.1) is 26.0 Å². The van der Waals surface area contributed by atoms with Crippen LogP contribution < -0.4 is 9.47 Å². The number of rotatable bonds is 4. The second-order valence-corrected chi connectivity index (χ2v) is 6.46. The fraction of sp³-hybridized carbons (Fsp3) is 0.353. The largest absolute Gasteiger partial charge is 0.480 e. The average molecular weight is 392 g/mol. The highest BCUT2D eigenvalue weighted by molar-refractivity contribution is 9.10. The smallest absolute Gasteiger partial charge is 0.253 e. The van der Waals surface area contributed by atoms with Gasteiger partial charge < -0.3 is 14.4 Å². The van der Waals surface area contributed by atoms with Crippen molar-refractivity contribution in [2.75, 3.05) is 20.2 Å². The van der Waals surface area contributed by atoms with Crippen molar-refractivity contribution in [3.05, 3.63) is 46.7 Å². The highest BCUT2D eigenvalue weighted by Gasteiger charge is 2.26. The average Bonchev–Trinajstić information content (AvgIpc) is 2.62. The van der Waals surface area contributed by atoms with Gasteiger partial charge in [-0.05, 0) is 37.1 Å². The van der Waals surface area contributed by atoms with Crippen LogP contribution in [0.25, 0.3) is 0 Å². The number of nitrogens with zero attached hydrogens (tertiary/aromatic N) is 3. The van der Waals surface area contributed by atoms with E-state index < -0.39 is 0 Å². The molecule has 7 heteroatoms. The van der Waals surface area contributed by atoms with Crippen molar-refractivity contribution in [3.63, 3.8) is 0 Å². The standard InChI is InChI=1S/C17H18BrN3O3/c1-23-15-9-19-10-16(20-15)24-14-3-2-8-21(11-14)17(22)12-4-6-13(18)7-5-12/h4-7,9-10,14H,2-3,8,11H2,1H3. The minimum atomic E-state index is -0.0976. The third kappa shape index (κ3) is 4.03. The Hall–Kier alpha value is -2.15. The molecule has 1 aliphatic heterocycles. The monoisotopic (exact) mass is 391 g/mol. The first kappa shape index (κ1) is 16.7. The van der Waals surface area contributed by atoms with Crippen LogP contribution >= 0.6 is 15.9 Å². The first-order chi connectivity index (χ1) is 11.7. The first-order valence-electron chi connectivity index (χ1n) is 7.73. The summed E-state index contributed by atoms with van der Waals surface area (Å²) in [7, 11) is 1.53. The molecule has 0 aliphatic carbocycles. The molecule has 0 saturated carbocycles. The van der Waals surface area contributed by atoms with Gasteiger partial charge in [0.25, 0.3) is 5.91 Å². The number of piperidine rings is 1. The van der Waals surface area contributed by atoms with Gasteiger partial charge in [-0.25, -0.2) is 0 Å². The van der Waals surface area contributed by atoms with E-state index in [4.69, 9.17) is 9.47 Å². The van der Waals surface area contributed by atoms with Crippen LogP contribution in [0, 0.1) is 0 Å². The summed E-state index contributed by atoms with van der Waals surface area (Å²) in [5.74, 6) is 0.843. The highest BCUT2D eigenvalue weighted by atomic mass is 79.9. The lowest BCUT2D eigenvalue weighted by Crippen LogP contribution is -2.44. The van der Waals surface area contributed by atoms with E-state index in [1.165, 1.54) is 13.3 Å². The van der Waals surface area contributed by atoms with Crippen LogP contribution in [0.5, 0.6) is 11.8 Å². The second-order valence-electron chi connectivity index (χ2n) is 5.54. The molecule has 24 heavy (non-hydrogen) atoms. The summed E-state index contributed by atoms with van der Waals surface area (Å²) >= 11 is 3.38. The number of amides is 1. The van der Waals surface area contributed by atoms with E-state index in [2.05, 4.69) is 25.9 Å². The molecule has 3 rings (SSSR count). The molecule has 2 heterocycles. The van der Waals surface area contributed by atoms with Crippen molar-refractivity contribution in [1.82, 2.24) is 14.9 Å². The van der Waals surface area contributed by atoms with Crippen LogP contribution in [0.3, 0.4) is 0 Å². The van der Waals surface area contributed by atoms with E-state index in [0.717, 1.165) is 23.9 Å². The summed E-state index contributed by atoms with van der Waals surface area (Å²) in [4.78, 5) is 22.7. The number of benzene rings is 1. The number of hydrogen-bond donors (Lipinski definition) is 0. The molecule has 0 bridgehead atoms. The predicted octanol–water partition coefficient (Wildman–Crippen LogP) is 2.93. The van der Waals surface area contributed by atoms with Gasteiger partial charge in [-0.3, -0.25) is 9.78 Å². The van der Waals surface area contributed by atoms with Gasteiger partial charge in [0, 0.05) is 16.6 Å². The maximum absolute atomic E-state index is 12.6. The van der Waals surface area contributed by atoms with Gasteiger partial charge in [0.15, 0.2) is 0 Å². The lowest BCUT2D eigenvalue weighted by molar-refractivity contribution is 0.0525. The van der Waals surface area contributed by atoms with E-state index in [1.807, 2.05) is 29.2 Å². The van der Waals surface area contributed by atoms with Crippen molar-refractivity contribution >= 4 is 21.8 Å². The number of carbonyl (C=O) groups is 1. The summed E-state index contributed by atoms with van der Waals surface area (Å²) in [5, 5.41) is 0. The SMILES string of the molecule is COc1cncc(OC2CCCN(C(=O)c3ccc(Br)cc3)C2)n1. The Kier molecular flexibility index (Phi) is 5.30. The molecule has 1 fully saturated rings. The van der Waals surface area contributed by atoms with Crippen LogP contribution in [-0.4, -0.2) is 47.1 Å². The molecular formula is C17H18BrN3O3. The molecule has 0 N–H and O–H groups in total. The Morgan fingerprint density at radius 2 is 2.00 bits per heavy atom. The van der Waals surface area contributed by atoms with Gasteiger partial charge in [-0.15, -0.1) is 0 Å². The van der Waals surface area contributed by atoms with Crippen LogP contribution in [-0.2, 0) is 0 Å². The zero-order valence-corrected chi connectivity index (χ0v) is 14.9. The number of methoxy groups -OCH3 is 1. The van der Waals surface area contributed by atoms with Gasteiger partial charge in [0.2, 0.25) is 11.8 Å². The Labute approximate surface area is 148 Å². The zero-order valence-electron chi connectivity index (χ0n) is 13.3. The molecule has 1 atom stereocenters. The van der Waals surface area contributed by atoms with Crippen molar-refractivity contribution < 1.29 is 14.3 Å². The van der Waals surface area contributed by atoms with Crippen molar-refractivity contribution in [1.29, 1.82) is 0 Å². The summed E-state index contributed by atoms with van der Waals surface area (Å²) in [6.45, 7) is 1.27. The molecule has 1 aromatic carbocycles. The molecule has 126 valence electrons. The second kappa shape index (κ2) is 7.61. The van der Waals surface area contributed by atoms with Crippen molar-refractivity contribution in [2.24, 2.45) is 0 Å². The molecule has 1 saturated heterocycles. The Balaban J connectivity index is 1.65. The topological polar surface area (TPSA) is 64.6 Å². The van der Waals surface area contributed by atoms with E-state index in [1.54, 1.807) is 6.20 Å². The fourth-order valence-corrected chi connectivity index (χ4v) is 2.92. The van der Waals surface area contributed by atoms with E-state index in [9.17, 15) is 4.79 Å². The minimum Gasteiger partial charge on any atom is -0.480 e. The first-order valence-corrected chi connectivity index (χ1v) is 8.52. The summed E-state index contributed by atoms with van der Waals surface area (Å²) in [5.41, 5.74) is 0.681. The minimum absolute atomic E-state index is 0.0209. The third-order valence-electron chi connectivity index (χ3n) is 3.84. The van der Waals surface area contributed by atoms with E-state index in [0.29, 0.717) is 23.9 Å². The number of likely N-dealkylation sites (tertiary alicyclic amines) is 1. The Morgan fingerprint density at radius 1 is 1.25 bits per heavy atom. The lowest BCUT2D eigenvalue weighted by Gasteiger charge is -2.32. The van der Waals surface area contributed by atoms with E-state index >= 15 is 0 Å². The number of ether oxygens (including phenoxy) is 2. The molecule has 1 unspecified atom stereocenters. The van der Waals surface area contributed by atoms with E-state index in [-0.39, 0.29) is 12.0 Å². The molecule has 6 nitrogen and oxygen atoms in total. The van der Waals surface area contributed by atoms with Gasteiger partial charge >= 0.3 is 0 Å². The van der Waals surface area contributed by atoms with Crippen LogP contribution in [0.2, 0.25) is 0 Å². The Bertz CT molecular complexity index is 708. The number of hydrogen-bond acceptors (Lipinski definition) is 5. The van der Waals surface area contributed by atoms with Crippen molar-refractivity contribution in [2.45, 2.75) is 18.9 Å². The van der Waals surface area contributed by atoms with Gasteiger partial charge in [-0.2, -0.15) is 4.98 Å². The van der Waals surface area contributed by atoms with Crippen molar-refractivity contribution in [3.8, 4) is 11.8 Å². The van der Waals surface area contributed by atoms with Crippen LogP contribution in [0.1, 0.15) is 23.2 Å².